The molecule has 0 fully saturated rings. The molecule has 0 bridgehead atoms. The normalized spacial score (nSPS) is 15.5. The Morgan fingerprint density at radius 1 is 1.07 bits per heavy atom. The van der Waals surface area contributed by atoms with Crippen LogP contribution in [-0.2, 0) is 22.7 Å². The Bertz CT molecular complexity index is 1030. The first-order valence-corrected chi connectivity index (χ1v) is 10.3. The van der Waals surface area contributed by atoms with Gasteiger partial charge in [0, 0.05) is 56.8 Å². The molecule has 0 radical (unpaired) electrons. The number of nitrogens with one attached hydrogen (secondary N) is 1. The average molecular weight is 402 g/mol. The number of hydrogen-bond acceptors (Lipinski definition) is 3. The summed E-state index contributed by atoms with van der Waals surface area (Å²) >= 11 is 0. The van der Waals surface area contributed by atoms with E-state index in [2.05, 4.69) is 52.3 Å². The molecule has 0 spiro atoms. The summed E-state index contributed by atoms with van der Waals surface area (Å²) in [6.07, 6.45) is 5.84. The highest BCUT2D eigenvalue weighted by Gasteiger charge is 2.32. The molecule has 2 amide bonds. The minimum atomic E-state index is -0.124. The summed E-state index contributed by atoms with van der Waals surface area (Å²) in [5.74, 6) is -0.110. The van der Waals surface area contributed by atoms with E-state index in [1.165, 1.54) is 5.56 Å². The van der Waals surface area contributed by atoms with Crippen LogP contribution >= 0.6 is 0 Å². The van der Waals surface area contributed by atoms with Crippen LogP contribution in [0.15, 0.2) is 67.1 Å². The summed E-state index contributed by atoms with van der Waals surface area (Å²) in [7, 11) is 0. The van der Waals surface area contributed by atoms with Gasteiger partial charge < -0.3 is 14.8 Å². The van der Waals surface area contributed by atoms with E-state index >= 15 is 0 Å². The van der Waals surface area contributed by atoms with Crippen molar-refractivity contribution in [3.8, 4) is 0 Å². The van der Waals surface area contributed by atoms with Gasteiger partial charge in [0.25, 0.3) is 0 Å². The molecule has 1 atom stereocenters. The average Bonchev–Trinajstić information content (AvgIpc) is 3.25. The Kier molecular flexibility index (Phi) is 5.93. The molecule has 0 saturated heterocycles. The van der Waals surface area contributed by atoms with E-state index < -0.39 is 0 Å². The molecule has 1 N–H and O–H groups in total. The van der Waals surface area contributed by atoms with Crippen molar-refractivity contribution in [1.82, 2.24) is 19.8 Å². The Labute approximate surface area is 176 Å². The zero-order chi connectivity index (χ0) is 20.9. The molecule has 0 unspecified atom stereocenters. The van der Waals surface area contributed by atoms with Crippen LogP contribution in [0.3, 0.4) is 0 Å². The number of carbonyl (C=O) groups is 2. The largest absolute Gasteiger partial charge is 0.352 e. The molecule has 0 aliphatic carbocycles. The summed E-state index contributed by atoms with van der Waals surface area (Å²) in [6, 6.07) is 16.0. The number of hydrogen-bond donors (Lipinski definition) is 1. The molecule has 1 aliphatic heterocycles. The fourth-order valence-electron chi connectivity index (χ4n) is 4.00. The van der Waals surface area contributed by atoms with Crippen molar-refractivity contribution in [3.63, 3.8) is 0 Å². The third kappa shape index (κ3) is 4.43. The van der Waals surface area contributed by atoms with Gasteiger partial charge in [0.15, 0.2) is 0 Å². The maximum atomic E-state index is 13.1. The lowest BCUT2D eigenvalue weighted by molar-refractivity contribution is -0.136. The minimum Gasteiger partial charge on any atom is -0.352 e. The van der Waals surface area contributed by atoms with Gasteiger partial charge >= 0.3 is 0 Å². The van der Waals surface area contributed by atoms with E-state index in [1.807, 2.05) is 29.2 Å². The van der Waals surface area contributed by atoms with Crippen LogP contribution in [0.5, 0.6) is 0 Å². The van der Waals surface area contributed by atoms with E-state index in [1.54, 1.807) is 12.4 Å². The number of carbonyl (C=O) groups excluding carboxylic acids is 2. The van der Waals surface area contributed by atoms with Crippen LogP contribution in [0.1, 0.15) is 41.3 Å². The van der Waals surface area contributed by atoms with Crippen LogP contribution in [0, 0.1) is 6.92 Å². The standard InChI is InChI=1S/C24H26N4O2/c1-18-4-2-5-20(16-18)24-21-6-3-13-27(21)14-15-28(24)23(30)8-7-22(29)26-17-19-9-11-25-12-10-19/h2-6,9-13,16,24H,7-8,14-15,17H2,1H3,(H,26,29)/t24-/m0/s1. The Balaban J connectivity index is 1.42. The van der Waals surface area contributed by atoms with Gasteiger partial charge in [-0.3, -0.25) is 14.6 Å². The first-order chi connectivity index (χ1) is 14.6. The number of aromatic nitrogens is 2. The van der Waals surface area contributed by atoms with Crippen molar-refractivity contribution in [2.45, 2.75) is 38.9 Å². The van der Waals surface area contributed by atoms with Gasteiger partial charge in [-0.1, -0.05) is 29.8 Å². The maximum Gasteiger partial charge on any atom is 0.223 e. The predicted molar refractivity (Wildman–Crippen MR) is 114 cm³/mol. The summed E-state index contributed by atoms with van der Waals surface area (Å²) in [6.45, 7) is 3.91. The molecule has 2 aromatic heterocycles. The summed E-state index contributed by atoms with van der Waals surface area (Å²) < 4.78 is 2.21. The Morgan fingerprint density at radius 3 is 2.70 bits per heavy atom. The van der Waals surface area contributed by atoms with Crippen LogP contribution in [0.2, 0.25) is 0 Å². The topological polar surface area (TPSA) is 67.2 Å². The fraction of sp³-hybridized carbons (Fsp3) is 0.292. The molecule has 6 heteroatoms. The maximum absolute atomic E-state index is 13.1. The van der Waals surface area contributed by atoms with E-state index in [4.69, 9.17) is 0 Å². The second-order valence-electron chi connectivity index (χ2n) is 7.66. The van der Waals surface area contributed by atoms with Gasteiger partial charge in [-0.15, -0.1) is 0 Å². The zero-order valence-corrected chi connectivity index (χ0v) is 17.1. The third-order valence-electron chi connectivity index (χ3n) is 5.52. The number of rotatable bonds is 6. The Hall–Kier alpha value is -3.41. The fourth-order valence-corrected chi connectivity index (χ4v) is 4.00. The molecule has 30 heavy (non-hydrogen) atoms. The van der Waals surface area contributed by atoms with Crippen LogP contribution in [0.4, 0.5) is 0 Å². The molecular formula is C24H26N4O2. The molecule has 1 aromatic carbocycles. The van der Waals surface area contributed by atoms with Crippen molar-refractivity contribution < 1.29 is 9.59 Å². The van der Waals surface area contributed by atoms with Crippen molar-refractivity contribution in [3.05, 3.63) is 89.5 Å². The monoisotopic (exact) mass is 402 g/mol. The van der Waals surface area contributed by atoms with E-state index in [9.17, 15) is 9.59 Å². The zero-order valence-electron chi connectivity index (χ0n) is 17.1. The van der Waals surface area contributed by atoms with Gasteiger partial charge in [-0.25, -0.2) is 0 Å². The number of pyridine rings is 1. The lowest BCUT2D eigenvalue weighted by Gasteiger charge is -2.37. The van der Waals surface area contributed by atoms with Crippen molar-refractivity contribution in [2.75, 3.05) is 6.54 Å². The SMILES string of the molecule is Cc1cccc([C@H]2c3cccn3CCN2C(=O)CCC(=O)NCc2ccncc2)c1. The second kappa shape index (κ2) is 8.95. The second-order valence-corrected chi connectivity index (χ2v) is 7.66. The van der Waals surface area contributed by atoms with E-state index in [0.717, 1.165) is 23.4 Å². The number of aryl methyl sites for hydroxylation is 1. The molecule has 154 valence electrons. The van der Waals surface area contributed by atoms with E-state index in [0.29, 0.717) is 13.1 Å². The minimum absolute atomic E-state index is 0.00742. The molecular weight excluding hydrogens is 376 g/mol. The summed E-state index contributed by atoms with van der Waals surface area (Å²) in [4.78, 5) is 31.2. The smallest absolute Gasteiger partial charge is 0.223 e. The van der Waals surface area contributed by atoms with Crippen molar-refractivity contribution in [2.24, 2.45) is 0 Å². The molecule has 1 aliphatic rings. The van der Waals surface area contributed by atoms with Crippen LogP contribution in [-0.4, -0.2) is 32.8 Å². The summed E-state index contributed by atoms with van der Waals surface area (Å²) in [5, 5.41) is 2.88. The van der Waals surface area contributed by atoms with Gasteiger partial charge in [-0.2, -0.15) is 0 Å². The molecule has 3 aromatic rings. The quantitative estimate of drug-likeness (QED) is 0.688. The number of nitrogens with zero attached hydrogens (tertiary/aromatic N) is 3. The summed E-state index contributed by atoms with van der Waals surface area (Å²) in [5.41, 5.74) is 4.37. The first kappa shape index (κ1) is 19.9. The highest BCUT2D eigenvalue weighted by Crippen LogP contribution is 2.33. The highest BCUT2D eigenvalue weighted by molar-refractivity contribution is 5.84. The van der Waals surface area contributed by atoms with Crippen molar-refractivity contribution >= 4 is 11.8 Å². The third-order valence-corrected chi connectivity index (χ3v) is 5.52. The highest BCUT2D eigenvalue weighted by atomic mass is 16.2. The predicted octanol–water partition coefficient (Wildman–Crippen LogP) is 3.22. The van der Waals surface area contributed by atoms with E-state index in [-0.39, 0.29) is 30.7 Å². The van der Waals surface area contributed by atoms with Gasteiger partial charge in [0.1, 0.15) is 0 Å². The molecule has 6 nitrogen and oxygen atoms in total. The van der Waals surface area contributed by atoms with Gasteiger partial charge in [-0.05, 0) is 42.3 Å². The molecule has 4 rings (SSSR count). The lowest BCUT2D eigenvalue weighted by Crippen LogP contribution is -2.42. The first-order valence-electron chi connectivity index (χ1n) is 10.3. The number of amides is 2. The lowest BCUT2D eigenvalue weighted by atomic mass is 9.98. The number of benzene rings is 1. The van der Waals surface area contributed by atoms with Crippen molar-refractivity contribution in [1.29, 1.82) is 0 Å². The van der Waals surface area contributed by atoms with Gasteiger partial charge in [0.05, 0.1) is 6.04 Å². The molecule has 3 heterocycles. The Morgan fingerprint density at radius 2 is 1.90 bits per heavy atom. The molecule has 0 saturated carbocycles. The van der Waals surface area contributed by atoms with Crippen LogP contribution < -0.4 is 5.32 Å². The van der Waals surface area contributed by atoms with Gasteiger partial charge in [0.2, 0.25) is 11.8 Å². The number of fused-ring (bicyclic) bond motifs is 1. The van der Waals surface area contributed by atoms with Crippen LogP contribution in [0.25, 0.3) is 0 Å².